The van der Waals surface area contributed by atoms with E-state index in [2.05, 4.69) is 4.98 Å². The fourth-order valence-corrected chi connectivity index (χ4v) is 2.62. The molecule has 2 aromatic heterocycles. The van der Waals surface area contributed by atoms with Crippen molar-refractivity contribution in [3.05, 3.63) is 46.0 Å². The summed E-state index contributed by atoms with van der Waals surface area (Å²) in [5.74, 6) is -0.287. The summed E-state index contributed by atoms with van der Waals surface area (Å²) in [4.78, 5) is 27.0. The first-order valence-corrected chi connectivity index (χ1v) is 7.18. The second kappa shape index (κ2) is 6.06. The molecule has 3 N–H and O–H groups in total. The fourth-order valence-electron chi connectivity index (χ4n) is 1.74. The van der Waals surface area contributed by atoms with Crippen LogP contribution in [0.5, 0.6) is 0 Å². The standard InChI is InChI=1S/C13H15N3O3S/c1-8-3-2-4-16-11(17)5-9(15-12(8)16)6-20-7-10(14)13(18)19/h2-5,10H,6-7,14H2,1H3,(H,18,19)/t10-/m1/s1. The van der Waals surface area contributed by atoms with Crippen LogP contribution in [0.1, 0.15) is 11.3 Å². The minimum Gasteiger partial charge on any atom is -0.480 e. The van der Waals surface area contributed by atoms with Gasteiger partial charge < -0.3 is 10.8 Å². The number of carboxylic acids is 1. The van der Waals surface area contributed by atoms with Crippen molar-refractivity contribution in [1.29, 1.82) is 0 Å². The van der Waals surface area contributed by atoms with Crippen LogP contribution in [-0.4, -0.2) is 32.3 Å². The Morgan fingerprint density at radius 2 is 2.35 bits per heavy atom. The fraction of sp³-hybridized carbons (Fsp3) is 0.308. The van der Waals surface area contributed by atoms with Crippen molar-refractivity contribution >= 4 is 23.4 Å². The predicted molar refractivity (Wildman–Crippen MR) is 78.0 cm³/mol. The highest BCUT2D eigenvalue weighted by Crippen LogP contribution is 2.12. The van der Waals surface area contributed by atoms with Crippen LogP contribution in [-0.2, 0) is 10.5 Å². The van der Waals surface area contributed by atoms with Gasteiger partial charge in [-0.15, -0.1) is 0 Å². The van der Waals surface area contributed by atoms with Gasteiger partial charge >= 0.3 is 5.97 Å². The SMILES string of the molecule is Cc1cccn2c(=O)cc(CSC[C@@H](N)C(=O)O)nc12. The molecular weight excluding hydrogens is 278 g/mol. The highest BCUT2D eigenvalue weighted by Gasteiger charge is 2.11. The van der Waals surface area contributed by atoms with Gasteiger partial charge in [0.15, 0.2) is 0 Å². The lowest BCUT2D eigenvalue weighted by Crippen LogP contribution is -2.32. The number of aliphatic carboxylic acids is 1. The molecular formula is C13H15N3O3S. The lowest BCUT2D eigenvalue weighted by Gasteiger charge is -2.07. The van der Waals surface area contributed by atoms with Crippen molar-refractivity contribution in [3.63, 3.8) is 0 Å². The Kier molecular flexibility index (Phi) is 4.41. The smallest absolute Gasteiger partial charge is 0.321 e. The van der Waals surface area contributed by atoms with Gasteiger partial charge in [-0.05, 0) is 18.6 Å². The first-order valence-electron chi connectivity index (χ1n) is 6.03. The van der Waals surface area contributed by atoms with Crippen molar-refractivity contribution in [1.82, 2.24) is 9.38 Å². The number of hydrogen-bond acceptors (Lipinski definition) is 5. The number of hydrogen-bond donors (Lipinski definition) is 2. The third-order valence-electron chi connectivity index (χ3n) is 2.80. The van der Waals surface area contributed by atoms with Gasteiger partial charge in [0.2, 0.25) is 0 Å². The van der Waals surface area contributed by atoms with E-state index in [0.29, 0.717) is 17.1 Å². The number of aromatic nitrogens is 2. The molecule has 0 aliphatic heterocycles. The predicted octanol–water partition coefficient (Wildman–Crippen LogP) is 0.648. The number of fused-ring (bicyclic) bond motifs is 1. The molecule has 0 saturated carbocycles. The van der Waals surface area contributed by atoms with Crippen LogP contribution in [0.15, 0.2) is 29.2 Å². The van der Waals surface area contributed by atoms with E-state index in [9.17, 15) is 9.59 Å². The highest BCUT2D eigenvalue weighted by atomic mass is 32.2. The summed E-state index contributed by atoms with van der Waals surface area (Å²) in [7, 11) is 0. The molecule has 0 aromatic carbocycles. The molecule has 0 aliphatic rings. The van der Waals surface area contributed by atoms with Crippen molar-refractivity contribution in [3.8, 4) is 0 Å². The van der Waals surface area contributed by atoms with Crippen LogP contribution >= 0.6 is 11.8 Å². The lowest BCUT2D eigenvalue weighted by molar-refractivity contribution is -0.137. The summed E-state index contributed by atoms with van der Waals surface area (Å²) in [5.41, 5.74) is 7.45. The summed E-state index contributed by atoms with van der Waals surface area (Å²) < 4.78 is 1.49. The molecule has 0 saturated heterocycles. The molecule has 0 aliphatic carbocycles. The monoisotopic (exact) mass is 293 g/mol. The molecule has 106 valence electrons. The van der Waals surface area contributed by atoms with E-state index < -0.39 is 12.0 Å². The molecule has 2 aromatic rings. The number of pyridine rings is 1. The maximum Gasteiger partial charge on any atom is 0.321 e. The van der Waals surface area contributed by atoms with Crippen molar-refractivity contribution in [2.75, 3.05) is 5.75 Å². The average molecular weight is 293 g/mol. The summed E-state index contributed by atoms with van der Waals surface area (Å²) in [6.45, 7) is 1.89. The van der Waals surface area contributed by atoms with Gasteiger partial charge in [-0.3, -0.25) is 14.0 Å². The van der Waals surface area contributed by atoms with E-state index in [-0.39, 0.29) is 11.3 Å². The van der Waals surface area contributed by atoms with Gasteiger partial charge in [0.1, 0.15) is 11.7 Å². The molecule has 6 nitrogen and oxygen atoms in total. The number of carbonyl (C=O) groups is 1. The summed E-state index contributed by atoms with van der Waals surface area (Å²) >= 11 is 1.35. The number of nitrogens with two attached hydrogens (primary N) is 1. The van der Waals surface area contributed by atoms with Crippen LogP contribution in [0.4, 0.5) is 0 Å². The Labute approximate surface area is 119 Å². The van der Waals surface area contributed by atoms with Gasteiger partial charge in [-0.1, -0.05) is 6.07 Å². The quantitative estimate of drug-likeness (QED) is 0.840. The molecule has 0 spiro atoms. The number of rotatable bonds is 5. The van der Waals surface area contributed by atoms with Gasteiger partial charge in [-0.2, -0.15) is 11.8 Å². The molecule has 0 amide bonds. The van der Waals surface area contributed by atoms with Crippen LogP contribution in [0.2, 0.25) is 0 Å². The summed E-state index contributed by atoms with van der Waals surface area (Å²) in [5, 5.41) is 8.69. The molecule has 20 heavy (non-hydrogen) atoms. The van der Waals surface area contributed by atoms with E-state index in [1.54, 1.807) is 12.3 Å². The van der Waals surface area contributed by atoms with E-state index in [1.165, 1.54) is 22.2 Å². The second-order valence-corrected chi connectivity index (χ2v) is 5.46. The van der Waals surface area contributed by atoms with Gasteiger partial charge in [0, 0.05) is 23.8 Å². The van der Waals surface area contributed by atoms with E-state index in [4.69, 9.17) is 10.8 Å². The van der Waals surface area contributed by atoms with E-state index in [1.807, 2.05) is 13.0 Å². The minimum atomic E-state index is -1.03. The van der Waals surface area contributed by atoms with Crippen molar-refractivity contribution in [2.45, 2.75) is 18.7 Å². The maximum atomic E-state index is 12.0. The zero-order valence-corrected chi connectivity index (χ0v) is 11.8. The van der Waals surface area contributed by atoms with Gasteiger partial charge in [0.05, 0.1) is 5.69 Å². The molecule has 2 rings (SSSR count). The van der Waals surface area contributed by atoms with Crippen LogP contribution < -0.4 is 11.3 Å². The molecule has 0 unspecified atom stereocenters. The molecule has 1 atom stereocenters. The zero-order chi connectivity index (χ0) is 14.7. The van der Waals surface area contributed by atoms with Gasteiger partial charge in [0.25, 0.3) is 5.56 Å². The molecule has 2 heterocycles. The zero-order valence-electron chi connectivity index (χ0n) is 10.9. The highest BCUT2D eigenvalue weighted by molar-refractivity contribution is 7.98. The van der Waals surface area contributed by atoms with Gasteiger partial charge in [-0.25, -0.2) is 4.98 Å². The number of carboxylic acid groups (broad SMARTS) is 1. The molecule has 0 bridgehead atoms. The third-order valence-corrected chi connectivity index (χ3v) is 3.90. The molecule has 0 radical (unpaired) electrons. The Balaban J connectivity index is 2.18. The van der Waals surface area contributed by atoms with Crippen LogP contribution in [0, 0.1) is 6.92 Å². The Bertz CT molecular complexity index is 699. The second-order valence-electron chi connectivity index (χ2n) is 4.43. The third kappa shape index (κ3) is 3.17. The number of aryl methyl sites for hydroxylation is 1. The van der Waals surface area contributed by atoms with Crippen LogP contribution in [0.25, 0.3) is 5.65 Å². The van der Waals surface area contributed by atoms with Crippen molar-refractivity contribution < 1.29 is 9.90 Å². The molecule has 0 fully saturated rings. The Morgan fingerprint density at radius 3 is 3.05 bits per heavy atom. The minimum absolute atomic E-state index is 0.142. The molecule has 7 heteroatoms. The normalized spacial score (nSPS) is 12.5. The first-order chi connectivity index (χ1) is 9.49. The summed E-state index contributed by atoms with van der Waals surface area (Å²) in [6, 6.07) is 4.25. The van der Waals surface area contributed by atoms with E-state index >= 15 is 0 Å². The number of thioether (sulfide) groups is 1. The maximum absolute atomic E-state index is 12.0. The largest absolute Gasteiger partial charge is 0.480 e. The Hall–Kier alpha value is -1.86. The lowest BCUT2D eigenvalue weighted by atomic mass is 10.3. The van der Waals surface area contributed by atoms with Crippen LogP contribution in [0.3, 0.4) is 0 Å². The summed E-state index contributed by atoms with van der Waals surface area (Å²) in [6.07, 6.45) is 1.68. The number of nitrogens with zero attached hydrogens (tertiary/aromatic N) is 2. The topological polar surface area (TPSA) is 97.7 Å². The van der Waals surface area contributed by atoms with Crippen molar-refractivity contribution in [2.24, 2.45) is 5.73 Å². The van der Waals surface area contributed by atoms with E-state index in [0.717, 1.165) is 5.56 Å². The Morgan fingerprint density at radius 1 is 1.60 bits per heavy atom. The average Bonchev–Trinajstić information content (AvgIpc) is 2.40. The first kappa shape index (κ1) is 14.5.